The number of nitriles is 1. The van der Waals surface area contributed by atoms with Crippen LogP contribution in [0.1, 0.15) is 11.3 Å². The predicted molar refractivity (Wildman–Crippen MR) is 36.8 cm³/mol. The van der Waals surface area contributed by atoms with Crippen LogP contribution in [0.4, 0.5) is 0 Å². The van der Waals surface area contributed by atoms with E-state index in [1.54, 1.807) is 16.8 Å². The topological polar surface area (TPSA) is 27.7 Å². The van der Waals surface area contributed by atoms with E-state index in [2.05, 4.69) is 7.05 Å². The van der Waals surface area contributed by atoms with Crippen molar-refractivity contribution in [2.75, 3.05) is 0 Å². The molecule has 50 valence electrons. The third kappa shape index (κ3) is 1.08. The van der Waals surface area contributed by atoms with Crippen molar-refractivity contribution in [1.29, 1.82) is 5.26 Å². The van der Waals surface area contributed by atoms with Crippen LogP contribution in [0.3, 0.4) is 0 Å². The summed E-state index contributed by atoms with van der Waals surface area (Å²) in [5.41, 5.74) is 1.68. The average molecular weight is 132 g/mol. The minimum atomic E-state index is 0.639. The maximum atomic E-state index is 8.46. The van der Waals surface area contributed by atoms with Gasteiger partial charge in [0.2, 0.25) is 0 Å². The summed E-state index contributed by atoms with van der Waals surface area (Å²) < 4.78 is 1.68. The van der Waals surface area contributed by atoms with Crippen molar-refractivity contribution in [1.82, 2.24) is 0 Å². The molecule has 0 atom stereocenters. The van der Waals surface area contributed by atoms with E-state index in [0.717, 1.165) is 5.69 Å². The van der Waals surface area contributed by atoms with Crippen LogP contribution in [0, 0.1) is 25.3 Å². The monoisotopic (exact) mass is 132 g/mol. The third-order valence-corrected chi connectivity index (χ3v) is 1.38. The predicted octanol–water partition coefficient (Wildman–Crippen LogP) is 0.794. The number of hydrogen-bond acceptors (Lipinski definition) is 1. The first-order valence-corrected chi connectivity index (χ1v) is 2.97. The van der Waals surface area contributed by atoms with E-state index in [-0.39, 0.29) is 0 Å². The molecule has 1 rings (SSSR count). The van der Waals surface area contributed by atoms with Crippen molar-refractivity contribution in [3.63, 3.8) is 0 Å². The Morgan fingerprint density at radius 1 is 1.60 bits per heavy atom. The van der Waals surface area contributed by atoms with E-state index in [1.807, 2.05) is 19.1 Å². The zero-order chi connectivity index (χ0) is 7.56. The lowest BCUT2D eigenvalue weighted by Crippen LogP contribution is -2.28. The molecule has 0 bridgehead atoms. The van der Waals surface area contributed by atoms with E-state index in [9.17, 15) is 0 Å². The zero-order valence-electron chi connectivity index (χ0n) is 5.83. The minimum absolute atomic E-state index is 0.639. The number of aryl methyl sites for hydroxylation is 1. The van der Waals surface area contributed by atoms with E-state index in [0.29, 0.717) is 5.56 Å². The molecule has 0 saturated carbocycles. The molecule has 1 aromatic heterocycles. The Labute approximate surface area is 60.3 Å². The van der Waals surface area contributed by atoms with Crippen molar-refractivity contribution in [2.24, 2.45) is 0 Å². The Morgan fingerprint density at radius 2 is 2.30 bits per heavy atom. The van der Waals surface area contributed by atoms with Gasteiger partial charge in [-0.1, -0.05) is 12.1 Å². The molecule has 2 nitrogen and oxygen atoms in total. The number of rotatable bonds is 0. The van der Waals surface area contributed by atoms with Crippen molar-refractivity contribution in [3.8, 4) is 6.07 Å². The molecule has 0 N–H and O–H groups in total. The van der Waals surface area contributed by atoms with Crippen LogP contribution in [0.15, 0.2) is 18.3 Å². The number of nitrogens with zero attached hydrogens (tertiary/aromatic N) is 2. The van der Waals surface area contributed by atoms with Gasteiger partial charge in [-0.25, -0.2) is 0 Å². The van der Waals surface area contributed by atoms with Gasteiger partial charge in [-0.15, -0.1) is 0 Å². The Kier molecular flexibility index (Phi) is 1.59. The van der Waals surface area contributed by atoms with Crippen molar-refractivity contribution in [3.05, 3.63) is 36.6 Å². The molecule has 1 heterocycles. The van der Waals surface area contributed by atoms with Crippen LogP contribution in [-0.2, 0) is 0 Å². The molecule has 2 heteroatoms. The summed E-state index contributed by atoms with van der Waals surface area (Å²) >= 11 is 0. The highest BCUT2D eigenvalue weighted by Gasteiger charge is 1.92. The van der Waals surface area contributed by atoms with Gasteiger partial charge in [-0.3, -0.25) is 0 Å². The average Bonchev–Trinajstić information content (AvgIpc) is 1.95. The Hall–Kier alpha value is -1.49. The fourth-order valence-electron chi connectivity index (χ4n) is 0.685. The molecule has 0 amide bonds. The fourth-order valence-corrected chi connectivity index (χ4v) is 0.685. The molecular weight excluding hydrogens is 124 g/mol. The number of hydrogen-bond donors (Lipinski definition) is 0. The minimum Gasteiger partial charge on any atom is -0.336 e. The molecule has 10 heavy (non-hydrogen) atoms. The summed E-state index contributed by atoms with van der Waals surface area (Å²) in [5.74, 6) is 0. The van der Waals surface area contributed by atoms with E-state index >= 15 is 0 Å². The summed E-state index contributed by atoms with van der Waals surface area (Å²) in [6.45, 7) is 1.94. The molecule has 0 aliphatic heterocycles. The molecule has 0 saturated heterocycles. The third-order valence-electron chi connectivity index (χ3n) is 1.38. The summed E-state index contributed by atoms with van der Waals surface area (Å²) in [5, 5.41) is 8.46. The van der Waals surface area contributed by atoms with Gasteiger partial charge in [-0.05, 0) is 6.92 Å². The van der Waals surface area contributed by atoms with Crippen molar-refractivity contribution >= 4 is 0 Å². The van der Waals surface area contributed by atoms with E-state index in [4.69, 9.17) is 5.26 Å². The van der Waals surface area contributed by atoms with Crippen LogP contribution in [0.5, 0.6) is 0 Å². The summed E-state index contributed by atoms with van der Waals surface area (Å²) in [4.78, 5) is 0. The normalized spacial score (nSPS) is 8.80. The van der Waals surface area contributed by atoms with Gasteiger partial charge in [0.05, 0.1) is 23.5 Å². The van der Waals surface area contributed by atoms with Crippen LogP contribution in [-0.4, -0.2) is 0 Å². The summed E-state index contributed by atoms with van der Waals surface area (Å²) in [6.07, 6.45) is 1.70. The van der Waals surface area contributed by atoms with Gasteiger partial charge < -0.3 is 4.57 Å². The van der Waals surface area contributed by atoms with Crippen molar-refractivity contribution < 1.29 is 4.57 Å². The van der Waals surface area contributed by atoms with Gasteiger partial charge in [0.15, 0.2) is 0 Å². The molecule has 0 aromatic carbocycles. The first kappa shape index (κ1) is 6.63. The molecule has 0 aliphatic rings. The van der Waals surface area contributed by atoms with Gasteiger partial charge in [0.1, 0.15) is 0 Å². The lowest BCUT2D eigenvalue weighted by Gasteiger charge is -1.99. The number of pyridine rings is 1. The number of aromatic nitrogens is 1. The van der Waals surface area contributed by atoms with Gasteiger partial charge in [0, 0.05) is 7.05 Å². The second-order valence-electron chi connectivity index (χ2n) is 2.14. The first-order chi connectivity index (χ1) is 4.74. The van der Waals surface area contributed by atoms with Gasteiger partial charge in [0.25, 0.3) is 0 Å². The van der Waals surface area contributed by atoms with Gasteiger partial charge >= 0.3 is 0 Å². The molecule has 0 aliphatic carbocycles. The first-order valence-electron chi connectivity index (χ1n) is 2.97. The lowest BCUT2D eigenvalue weighted by molar-refractivity contribution is -0.619. The van der Waals surface area contributed by atoms with Crippen LogP contribution in [0.25, 0.3) is 0 Å². The van der Waals surface area contributed by atoms with E-state index in [1.165, 1.54) is 0 Å². The smallest absolute Gasteiger partial charge is 0.0917 e. The Balaban J connectivity index is 3.20. The van der Waals surface area contributed by atoms with Crippen LogP contribution >= 0.6 is 0 Å². The fraction of sp³-hybridized carbons (Fsp3) is 0.125. The maximum Gasteiger partial charge on any atom is 0.0917 e. The van der Waals surface area contributed by atoms with E-state index < -0.39 is 0 Å². The van der Waals surface area contributed by atoms with Gasteiger partial charge in [-0.2, -0.15) is 5.26 Å². The second kappa shape index (κ2) is 2.40. The summed E-state index contributed by atoms with van der Waals surface area (Å²) in [6, 6.07) is 5.68. The maximum absolute atomic E-state index is 8.46. The standard InChI is InChI=1S/C8H8N2/c1-7-3-4-8(5-9)6-10(7)2/h3-4,6H,2H2,1H3. The summed E-state index contributed by atoms with van der Waals surface area (Å²) in [7, 11) is 3.69. The second-order valence-corrected chi connectivity index (χ2v) is 2.14. The molecule has 0 fully saturated rings. The van der Waals surface area contributed by atoms with Crippen LogP contribution < -0.4 is 4.57 Å². The Bertz CT molecular complexity index is 284. The highest BCUT2D eigenvalue weighted by Crippen LogP contribution is 1.93. The quantitative estimate of drug-likeness (QED) is 0.379. The molecule has 0 radical (unpaired) electrons. The largest absolute Gasteiger partial charge is 0.336 e. The molecule has 0 unspecified atom stereocenters. The lowest BCUT2D eigenvalue weighted by atomic mass is 10.3. The SMILES string of the molecule is [CH2-][n+]1cc(C#N)ccc1C. The molecule has 1 aromatic rings. The highest BCUT2D eigenvalue weighted by atomic mass is 14.9. The molecular formula is C8H8N2. The van der Waals surface area contributed by atoms with Crippen LogP contribution in [0.2, 0.25) is 0 Å². The zero-order valence-corrected chi connectivity index (χ0v) is 5.83. The molecule has 0 spiro atoms. The Morgan fingerprint density at radius 3 is 2.80 bits per heavy atom. The highest BCUT2D eigenvalue weighted by molar-refractivity contribution is 5.23. The van der Waals surface area contributed by atoms with Crippen molar-refractivity contribution in [2.45, 2.75) is 6.92 Å².